The van der Waals surface area contributed by atoms with Gasteiger partial charge >= 0.3 is 5.97 Å². The van der Waals surface area contributed by atoms with Crippen LogP contribution in [0.1, 0.15) is 25.7 Å². The Labute approximate surface area is 162 Å². The molecule has 0 atom stereocenters. The predicted octanol–water partition coefficient (Wildman–Crippen LogP) is 5.06. The minimum atomic E-state index is -0.527. The standard InChI is InChI=1S/C17H12Cl2N2O4S/c1-8-5-10(17(23)24-2)16(26-8)21-14(22)13-7-25-15(20-13)9-3-4-11(18)12(19)6-9/h3-7H,1-2H3,(H,21,22). The number of aromatic nitrogens is 1. The molecule has 3 aromatic rings. The number of ether oxygens (including phenoxy) is 1. The van der Waals surface area contributed by atoms with E-state index in [4.69, 9.17) is 32.4 Å². The summed E-state index contributed by atoms with van der Waals surface area (Å²) < 4.78 is 10.1. The van der Waals surface area contributed by atoms with Crippen LogP contribution in [0.15, 0.2) is 34.9 Å². The smallest absolute Gasteiger partial charge is 0.340 e. The topological polar surface area (TPSA) is 81.4 Å². The monoisotopic (exact) mass is 410 g/mol. The zero-order chi connectivity index (χ0) is 18.8. The molecule has 3 rings (SSSR count). The average Bonchev–Trinajstić information content (AvgIpc) is 3.23. The number of halogens is 2. The molecule has 1 aromatic carbocycles. The third-order valence-corrected chi connectivity index (χ3v) is 5.10. The van der Waals surface area contributed by atoms with Crippen LogP contribution in [-0.4, -0.2) is 24.0 Å². The zero-order valence-electron chi connectivity index (χ0n) is 13.6. The molecule has 0 fully saturated rings. The molecule has 1 N–H and O–H groups in total. The minimum Gasteiger partial charge on any atom is -0.465 e. The van der Waals surface area contributed by atoms with Crippen LogP contribution in [0.5, 0.6) is 0 Å². The first-order valence-electron chi connectivity index (χ1n) is 7.30. The summed E-state index contributed by atoms with van der Waals surface area (Å²) in [7, 11) is 1.28. The molecule has 0 radical (unpaired) electrons. The molecule has 0 spiro atoms. The number of rotatable bonds is 4. The maximum atomic E-state index is 12.4. The number of nitrogens with one attached hydrogen (secondary N) is 1. The quantitative estimate of drug-likeness (QED) is 0.607. The van der Waals surface area contributed by atoms with E-state index >= 15 is 0 Å². The van der Waals surface area contributed by atoms with Crippen LogP contribution in [0.3, 0.4) is 0 Å². The Morgan fingerprint density at radius 3 is 2.69 bits per heavy atom. The molecule has 0 saturated heterocycles. The normalized spacial score (nSPS) is 10.6. The van der Waals surface area contributed by atoms with Crippen molar-refractivity contribution in [3.8, 4) is 11.5 Å². The molecule has 0 aliphatic heterocycles. The van der Waals surface area contributed by atoms with E-state index < -0.39 is 11.9 Å². The minimum absolute atomic E-state index is 0.0629. The van der Waals surface area contributed by atoms with Crippen molar-refractivity contribution in [2.24, 2.45) is 0 Å². The SMILES string of the molecule is COC(=O)c1cc(C)sc1NC(=O)c1coc(-c2ccc(Cl)c(Cl)c2)n1. The second-order valence-electron chi connectivity index (χ2n) is 5.21. The van der Waals surface area contributed by atoms with Gasteiger partial charge in [-0.25, -0.2) is 9.78 Å². The Morgan fingerprint density at radius 2 is 2.00 bits per heavy atom. The Hall–Kier alpha value is -2.35. The molecule has 0 saturated carbocycles. The molecular formula is C17H12Cl2N2O4S. The molecule has 0 unspecified atom stereocenters. The van der Waals surface area contributed by atoms with Crippen LogP contribution in [-0.2, 0) is 4.74 Å². The van der Waals surface area contributed by atoms with Gasteiger partial charge in [0.2, 0.25) is 5.89 Å². The number of esters is 1. The van der Waals surface area contributed by atoms with Gasteiger partial charge in [-0.15, -0.1) is 11.3 Å². The van der Waals surface area contributed by atoms with Crippen LogP contribution in [0.25, 0.3) is 11.5 Å². The van der Waals surface area contributed by atoms with Gasteiger partial charge in [-0.2, -0.15) is 0 Å². The van der Waals surface area contributed by atoms with Crippen molar-refractivity contribution in [2.75, 3.05) is 12.4 Å². The number of benzene rings is 1. The van der Waals surface area contributed by atoms with Crippen LogP contribution in [0.4, 0.5) is 5.00 Å². The highest BCUT2D eigenvalue weighted by Crippen LogP contribution is 2.30. The third-order valence-electron chi connectivity index (χ3n) is 3.39. The molecule has 134 valence electrons. The number of hydrogen-bond donors (Lipinski definition) is 1. The fraction of sp³-hybridized carbons (Fsp3) is 0.118. The number of thiophene rings is 1. The highest BCUT2D eigenvalue weighted by Gasteiger charge is 2.20. The van der Waals surface area contributed by atoms with E-state index in [1.54, 1.807) is 24.3 Å². The van der Waals surface area contributed by atoms with Gasteiger partial charge in [-0.05, 0) is 31.2 Å². The summed E-state index contributed by atoms with van der Waals surface area (Å²) in [5, 5.41) is 3.80. The lowest BCUT2D eigenvalue weighted by atomic mass is 10.2. The van der Waals surface area contributed by atoms with E-state index in [0.717, 1.165) is 4.88 Å². The van der Waals surface area contributed by atoms with Gasteiger partial charge in [-0.3, -0.25) is 4.79 Å². The Kier molecular flexibility index (Phi) is 5.31. The van der Waals surface area contributed by atoms with Gasteiger partial charge in [0, 0.05) is 10.4 Å². The first-order valence-corrected chi connectivity index (χ1v) is 8.87. The van der Waals surface area contributed by atoms with Gasteiger partial charge in [0.15, 0.2) is 5.69 Å². The molecular weight excluding hydrogens is 399 g/mol. The fourth-order valence-electron chi connectivity index (χ4n) is 2.18. The number of amides is 1. The molecule has 6 nitrogen and oxygen atoms in total. The van der Waals surface area contributed by atoms with Crippen molar-refractivity contribution in [1.29, 1.82) is 0 Å². The van der Waals surface area contributed by atoms with Crippen molar-refractivity contribution in [2.45, 2.75) is 6.92 Å². The second-order valence-corrected chi connectivity index (χ2v) is 7.28. The number of methoxy groups -OCH3 is 1. The molecule has 9 heteroatoms. The largest absolute Gasteiger partial charge is 0.465 e. The second kappa shape index (κ2) is 7.49. The fourth-order valence-corrected chi connectivity index (χ4v) is 3.37. The van der Waals surface area contributed by atoms with E-state index in [2.05, 4.69) is 10.3 Å². The molecule has 0 aliphatic rings. The first kappa shape index (κ1) is 18.4. The molecule has 0 aliphatic carbocycles. The summed E-state index contributed by atoms with van der Waals surface area (Å²) >= 11 is 13.1. The van der Waals surface area contributed by atoms with Crippen LogP contribution in [0, 0.1) is 6.92 Å². The van der Waals surface area contributed by atoms with Gasteiger partial charge in [-0.1, -0.05) is 23.2 Å². The van der Waals surface area contributed by atoms with E-state index in [9.17, 15) is 9.59 Å². The Morgan fingerprint density at radius 1 is 1.23 bits per heavy atom. The van der Waals surface area contributed by atoms with Crippen molar-refractivity contribution in [3.63, 3.8) is 0 Å². The number of hydrogen-bond acceptors (Lipinski definition) is 6. The Balaban J connectivity index is 1.83. The first-order chi connectivity index (χ1) is 12.4. The highest BCUT2D eigenvalue weighted by molar-refractivity contribution is 7.16. The molecule has 26 heavy (non-hydrogen) atoms. The van der Waals surface area contributed by atoms with E-state index in [0.29, 0.717) is 20.6 Å². The van der Waals surface area contributed by atoms with Gasteiger partial charge < -0.3 is 14.5 Å². The number of carbonyl (C=O) groups excluding carboxylic acids is 2. The van der Waals surface area contributed by atoms with Crippen LogP contribution < -0.4 is 5.32 Å². The summed E-state index contributed by atoms with van der Waals surface area (Å²) in [6, 6.07) is 6.53. The molecule has 2 heterocycles. The predicted molar refractivity (Wildman–Crippen MR) is 100 cm³/mol. The number of anilines is 1. The summed E-state index contributed by atoms with van der Waals surface area (Å²) in [5.41, 5.74) is 0.935. The van der Waals surface area contributed by atoms with Crippen molar-refractivity contribution >= 4 is 51.4 Å². The lowest BCUT2D eigenvalue weighted by Crippen LogP contribution is -2.14. The van der Waals surface area contributed by atoms with E-state index in [-0.39, 0.29) is 17.1 Å². The van der Waals surface area contributed by atoms with Gasteiger partial charge in [0.05, 0.1) is 22.7 Å². The summed E-state index contributed by atoms with van der Waals surface area (Å²) in [4.78, 5) is 29.2. The number of nitrogens with zero attached hydrogens (tertiary/aromatic N) is 1. The summed E-state index contributed by atoms with van der Waals surface area (Å²) in [6.45, 7) is 1.82. The lowest BCUT2D eigenvalue weighted by molar-refractivity contribution is 0.0602. The molecule has 2 aromatic heterocycles. The van der Waals surface area contributed by atoms with E-state index in [1.165, 1.54) is 24.7 Å². The number of oxazole rings is 1. The summed E-state index contributed by atoms with van der Waals surface area (Å²) in [6.07, 6.45) is 1.23. The van der Waals surface area contributed by atoms with Crippen LogP contribution in [0.2, 0.25) is 10.0 Å². The summed E-state index contributed by atoms with van der Waals surface area (Å²) in [5.74, 6) is -0.808. The van der Waals surface area contributed by atoms with Crippen molar-refractivity contribution in [3.05, 3.63) is 56.7 Å². The van der Waals surface area contributed by atoms with Crippen molar-refractivity contribution < 1.29 is 18.7 Å². The molecule has 0 bridgehead atoms. The zero-order valence-corrected chi connectivity index (χ0v) is 16.0. The number of aryl methyl sites for hydroxylation is 1. The van der Waals surface area contributed by atoms with E-state index in [1.807, 2.05) is 6.92 Å². The lowest BCUT2D eigenvalue weighted by Gasteiger charge is -2.03. The van der Waals surface area contributed by atoms with Crippen LogP contribution >= 0.6 is 34.5 Å². The Bertz CT molecular complexity index is 997. The van der Waals surface area contributed by atoms with Gasteiger partial charge in [0.1, 0.15) is 11.3 Å². The maximum absolute atomic E-state index is 12.4. The number of carbonyl (C=O) groups is 2. The highest BCUT2D eigenvalue weighted by atomic mass is 35.5. The molecule has 1 amide bonds. The third kappa shape index (κ3) is 3.75. The maximum Gasteiger partial charge on any atom is 0.340 e. The van der Waals surface area contributed by atoms with Gasteiger partial charge in [0.25, 0.3) is 5.91 Å². The van der Waals surface area contributed by atoms with Crippen molar-refractivity contribution in [1.82, 2.24) is 4.98 Å². The average molecular weight is 411 g/mol.